The lowest BCUT2D eigenvalue weighted by molar-refractivity contribution is 0.174. The average molecular weight is 323 g/mol. The smallest absolute Gasteiger partial charge is 0.315 e. The minimum atomic E-state index is -0.117. The van der Waals surface area contributed by atoms with Crippen molar-refractivity contribution >= 4 is 6.03 Å². The van der Waals surface area contributed by atoms with Crippen LogP contribution in [-0.4, -0.2) is 59.1 Å². The second-order valence-corrected chi connectivity index (χ2v) is 6.68. The second kappa shape index (κ2) is 8.31. The molecule has 0 spiro atoms. The SMILES string of the molecule is CN(C)C(CNC(=O)NC1CCC(CO)CC1)c1cnn(C)c1. The molecule has 130 valence electrons. The molecule has 7 nitrogen and oxygen atoms in total. The Bertz CT molecular complexity index is 494. The molecule has 7 heteroatoms. The summed E-state index contributed by atoms with van der Waals surface area (Å²) >= 11 is 0. The Hall–Kier alpha value is -1.60. The number of aryl methyl sites for hydroxylation is 1. The highest BCUT2D eigenvalue weighted by Gasteiger charge is 2.22. The van der Waals surface area contributed by atoms with Crippen LogP contribution in [0, 0.1) is 5.92 Å². The van der Waals surface area contributed by atoms with E-state index in [1.54, 1.807) is 4.68 Å². The van der Waals surface area contributed by atoms with E-state index >= 15 is 0 Å². The van der Waals surface area contributed by atoms with Gasteiger partial charge in [-0.25, -0.2) is 4.79 Å². The zero-order chi connectivity index (χ0) is 16.8. The van der Waals surface area contributed by atoms with Crippen molar-refractivity contribution in [3.63, 3.8) is 0 Å². The molecule has 1 aliphatic rings. The first-order chi connectivity index (χ1) is 11.0. The van der Waals surface area contributed by atoms with Gasteiger partial charge in [-0.1, -0.05) is 0 Å². The quantitative estimate of drug-likeness (QED) is 0.725. The van der Waals surface area contributed by atoms with Crippen LogP contribution in [0.15, 0.2) is 12.4 Å². The van der Waals surface area contributed by atoms with Gasteiger partial charge in [0, 0.05) is 38.0 Å². The van der Waals surface area contributed by atoms with Crippen LogP contribution in [-0.2, 0) is 7.05 Å². The summed E-state index contributed by atoms with van der Waals surface area (Å²) in [5.41, 5.74) is 1.08. The van der Waals surface area contributed by atoms with Crippen molar-refractivity contribution in [3.8, 4) is 0 Å². The summed E-state index contributed by atoms with van der Waals surface area (Å²) in [6.45, 7) is 0.797. The molecule has 1 atom stereocenters. The third-order valence-corrected chi connectivity index (χ3v) is 4.63. The van der Waals surface area contributed by atoms with Crippen molar-refractivity contribution in [1.82, 2.24) is 25.3 Å². The molecule has 1 aromatic heterocycles. The summed E-state index contributed by atoms with van der Waals surface area (Å²) in [7, 11) is 5.87. The number of aromatic nitrogens is 2. The highest BCUT2D eigenvalue weighted by Crippen LogP contribution is 2.23. The van der Waals surface area contributed by atoms with Gasteiger partial charge >= 0.3 is 6.03 Å². The van der Waals surface area contributed by atoms with Crippen molar-refractivity contribution < 1.29 is 9.90 Å². The summed E-state index contributed by atoms with van der Waals surface area (Å²) in [6.07, 6.45) is 7.66. The summed E-state index contributed by atoms with van der Waals surface area (Å²) in [5.74, 6) is 0.403. The van der Waals surface area contributed by atoms with Crippen LogP contribution in [0.5, 0.6) is 0 Å². The molecule has 3 N–H and O–H groups in total. The Kier molecular flexibility index (Phi) is 6.41. The lowest BCUT2D eigenvalue weighted by Gasteiger charge is -2.29. The molecule has 0 saturated heterocycles. The van der Waals surface area contributed by atoms with Crippen molar-refractivity contribution in [2.24, 2.45) is 13.0 Å². The number of likely N-dealkylation sites (N-methyl/N-ethyl adjacent to an activating group) is 1. The Morgan fingerprint density at radius 3 is 2.65 bits per heavy atom. The van der Waals surface area contributed by atoms with Gasteiger partial charge in [-0.2, -0.15) is 5.10 Å². The number of carbonyl (C=O) groups excluding carboxylic acids is 1. The van der Waals surface area contributed by atoms with Crippen LogP contribution in [0.4, 0.5) is 4.79 Å². The first-order valence-electron chi connectivity index (χ1n) is 8.29. The molecule has 23 heavy (non-hydrogen) atoms. The maximum atomic E-state index is 12.1. The number of urea groups is 1. The van der Waals surface area contributed by atoms with Gasteiger partial charge < -0.3 is 20.6 Å². The number of hydrogen-bond donors (Lipinski definition) is 3. The molecule has 2 rings (SSSR count). The van der Waals surface area contributed by atoms with Gasteiger partial charge in [0.05, 0.1) is 12.2 Å². The second-order valence-electron chi connectivity index (χ2n) is 6.68. The van der Waals surface area contributed by atoms with E-state index in [9.17, 15) is 4.79 Å². The van der Waals surface area contributed by atoms with Crippen LogP contribution >= 0.6 is 0 Å². The maximum absolute atomic E-state index is 12.1. The molecule has 0 aromatic carbocycles. The predicted molar refractivity (Wildman–Crippen MR) is 89.0 cm³/mol. The molecular weight excluding hydrogens is 294 g/mol. The number of amides is 2. The van der Waals surface area contributed by atoms with E-state index in [0.717, 1.165) is 31.2 Å². The lowest BCUT2D eigenvalue weighted by atomic mass is 9.87. The van der Waals surface area contributed by atoms with E-state index in [0.29, 0.717) is 12.5 Å². The predicted octanol–water partition coefficient (Wildman–Crippen LogP) is 0.873. The fourth-order valence-electron chi connectivity index (χ4n) is 3.13. The van der Waals surface area contributed by atoms with Gasteiger partial charge in [-0.15, -0.1) is 0 Å². The van der Waals surface area contributed by atoms with Gasteiger partial charge in [0.25, 0.3) is 0 Å². The topological polar surface area (TPSA) is 82.4 Å². The molecule has 1 unspecified atom stereocenters. The number of nitrogens with one attached hydrogen (secondary N) is 2. The number of nitrogens with zero attached hydrogens (tertiary/aromatic N) is 3. The molecule has 0 aliphatic heterocycles. The normalized spacial score (nSPS) is 22.8. The van der Waals surface area contributed by atoms with Crippen molar-refractivity contribution in [1.29, 1.82) is 0 Å². The van der Waals surface area contributed by atoms with Crippen molar-refractivity contribution in [2.75, 3.05) is 27.2 Å². The van der Waals surface area contributed by atoms with Gasteiger partial charge in [-0.3, -0.25) is 4.68 Å². The molecule has 1 saturated carbocycles. The first-order valence-corrected chi connectivity index (χ1v) is 8.29. The monoisotopic (exact) mass is 323 g/mol. The largest absolute Gasteiger partial charge is 0.396 e. The molecule has 1 aromatic rings. The standard InChI is InChI=1S/C16H29N5O2/c1-20(2)15(13-8-18-21(3)10-13)9-17-16(23)19-14-6-4-12(11-22)5-7-14/h8,10,12,14-15,22H,4-7,9,11H2,1-3H3,(H2,17,19,23). The molecule has 1 aliphatic carbocycles. The van der Waals surface area contributed by atoms with E-state index in [1.807, 2.05) is 33.5 Å². The maximum Gasteiger partial charge on any atom is 0.315 e. The van der Waals surface area contributed by atoms with Crippen LogP contribution in [0.2, 0.25) is 0 Å². The Balaban J connectivity index is 1.78. The molecule has 1 fully saturated rings. The van der Waals surface area contributed by atoms with E-state index in [2.05, 4.69) is 20.6 Å². The first kappa shape index (κ1) is 17.7. The summed E-state index contributed by atoms with van der Waals surface area (Å²) < 4.78 is 1.77. The average Bonchev–Trinajstić information content (AvgIpc) is 2.94. The van der Waals surface area contributed by atoms with E-state index in [4.69, 9.17) is 5.11 Å². The highest BCUT2D eigenvalue weighted by molar-refractivity contribution is 5.74. The number of aliphatic hydroxyl groups excluding tert-OH is 1. The number of aliphatic hydroxyl groups is 1. The molecule has 1 heterocycles. The van der Waals surface area contributed by atoms with Crippen LogP contribution < -0.4 is 10.6 Å². The summed E-state index contributed by atoms with van der Waals surface area (Å²) in [6, 6.07) is 0.196. The zero-order valence-corrected chi connectivity index (χ0v) is 14.3. The molecular formula is C16H29N5O2. The Morgan fingerprint density at radius 2 is 2.13 bits per heavy atom. The third kappa shape index (κ3) is 5.21. The third-order valence-electron chi connectivity index (χ3n) is 4.63. The van der Waals surface area contributed by atoms with Gasteiger partial charge in [0.2, 0.25) is 0 Å². The fourth-order valence-corrected chi connectivity index (χ4v) is 3.13. The number of carbonyl (C=O) groups is 1. The minimum Gasteiger partial charge on any atom is -0.396 e. The molecule has 2 amide bonds. The fraction of sp³-hybridized carbons (Fsp3) is 0.750. The molecule has 0 bridgehead atoms. The van der Waals surface area contributed by atoms with Crippen LogP contribution in [0.1, 0.15) is 37.3 Å². The Labute approximate surface area is 138 Å². The van der Waals surface area contributed by atoms with E-state index in [-0.39, 0.29) is 24.7 Å². The van der Waals surface area contributed by atoms with Crippen LogP contribution in [0.25, 0.3) is 0 Å². The van der Waals surface area contributed by atoms with Crippen molar-refractivity contribution in [3.05, 3.63) is 18.0 Å². The lowest BCUT2D eigenvalue weighted by Crippen LogP contribution is -2.46. The zero-order valence-electron chi connectivity index (χ0n) is 14.3. The van der Waals surface area contributed by atoms with E-state index < -0.39 is 0 Å². The number of hydrogen-bond acceptors (Lipinski definition) is 4. The highest BCUT2D eigenvalue weighted by atomic mass is 16.3. The summed E-state index contributed by atoms with van der Waals surface area (Å²) in [4.78, 5) is 14.2. The van der Waals surface area contributed by atoms with Gasteiger partial charge in [0.1, 0.15) is 0 Å². The molecule has 0 radical (unpaired) electrons. The summed E-state index contributed by atoms with van der Waals surface area (Å²) in [5, 5.41) is 19.4. The van der Waals surface area contributed by atoms with Gasteiger partial charge in [0.15, 0.2) is 0 Å². The van der Waals surface area contributed by atoms with E-state index in [1.165, 1.54) is 0 Å². The Morgan fingerprint density at radius 1 is 1.43 bits per heavy atom. The van der Waals surface area contributed by atoms with Crippen molar-refractivity contribution in [2.45, 2.75) is 37.8 Å². The minimum absolute atomic E-state index is 0.0968. The van der Waals surface area contributed by atoms with Gasteiger partial charge in [-0.05, 0) is 45.7 Å². The number of rotatable bonds is 6. The van der Waals surface area contributed by atoms with Crippen LogP contribution in [0.3, 0.4) is 0 Å².